The lowest BCUT2D eigenvalue weighted by molar-refractivity contribution is -0.118. The number of hydrogen-bond donors (Lipinski definition) is 2. The first kappa shape index (κ1) is 11.7. The predicted molar refractivity (Wildman–Crippen MR) is 67.9 cm³/mol. The number of benzene rings is 1. The lowest BCUT2D eigenvalue weighted by atomic mass is 10.2. The Hall–Kier alpha value is -2.37. The molecule has 1 heterocycles. The van der Waals surface area contributed by atoms with E-state index in [2.05, 4.69) is 4.98 Å². The van der Waals surface area contributed by atoms with Gasteiger partial charge in [-0.05, 0) is 31.0 Å². The highest BCUT2D eigenvalue weighted by Crippen LogP contribution is 2.40. The van der Waals surface area contributed by atoms with Gasteiger partial charge in [-0.25, -0.2) is 9.78 Å². The average molecular weight is 259 g/mol. The summed E-state index contributed by atoms with van der Waals surface area (Å²) >= 11 is 0. The number of aromatic nitrogens is 2. The van der Waals surface area contributed by atoms with Gasteiger partial charge in [-0.2, -0.15) is 0 Å². The third kappa shape index (κ3) is 2.05. The van der Waals surface area contributed by atoms with Crippen LogP contribution in [0.25, 0.3) is 11.0 Å². The van der Waals surface area contributed by atoms with E-state index >= 15 is 0 Å². The summed E-state index contributed by atoms with van der Waals surface area (Å²) in [5.74, 6) is -0.223. The van der Waals surface area contributed by atoms with Crippen LogP contribution in [0.4, 0.5) is 0 Å². The van der Waals surface area contributed by atoms with Crippen molar-refractivity contribution in [3.05, 3.63) is 29.6 Å². The van der Waals surface area contributed by atoms with Crippen LogP contribution < -0.4 is 5.73 Å². The predicted octanol–water partition coefficient (Wildman–Crippen LogP) is 1.10. The number of nitrogens with zero attached hydrogens (tertiary/aromatic N) is 2. The molecule has 1 aromatic heterocycles. The van der Waals surface area contributed by atoms with Gasteiger partial charge in [0.05, 0.1) is 16.6 Å². The molecule has 0 aliphatic heterocycles. The van der Waals surface area contributed by atoms with Gasteiger partial charge in [0.25, 0.3) is 0 Å². The molecule has 1 fully saturated rings. The molecule has 2 aromatic rings. The van der Waals surface area contributed by atoms with Crippen molar-refractivity contribution in [2.24, 2.45) is 5.73 Å². The van der Waals surface area contributed by atoms with Crippen molar-refractivity contribution in [2.45, 2.75) is 25.3 Å². The van der Waals surface area contributed by atoms with Crippen LogP contribution in [0.3, 0.4) is 0 Å². The van der Waals surface area contributed by atoms with Gasteiger partial charge in [0.1, 0.15) is 12.4 Å². The number of carboxylic acids is 1. The maximum Gasteiger partial charge on any atom is 0.335 e. The zero-order valence-corrected chi connectivity index (χ0v) is 10.2. The van der Waals surface area contributed by atoms with Crippen LogP contribution in [0.1, 0.15) is 34.9 Å². The second-order valence-corrected chi connectivity index (χ2v) is 4.81. The maximum absolute atomic E-state index is 11.2. The minimum atomic E-state index is -0.987. The first-order valence-corrected chi connectivity index (χ1v) is 6.08. The summed E-state index contributed by atoms with van der Waals surface area (Å²) in [4.78, 5) is 26.6. The van der Waals surface area contributed by atoms with Gasteiger partial charge in [-0.1, -0.05) is 0 Å². The Morgan fingerprint density at radius 2 is 2.16 bits per heavy atom. The molecule has 3 rings (SSSR count). The quantitative estimate of drug-likeness (QED) is 0.858. The molecule has 19 heavy (non-hydrogen) atoms. The molecule has 1 saturated carbocycles. The molecule has 0 radical (unpaired) electrons. The zero-order valence-electron chi connectivity index (χ0n) is 10.2. The Kier molecular flexibility index (Phi) is 2.51. The fourth-order valence-electron chi connectivity index (χ4n) is 2.26. The largest absolute Gasteiger partial charge is 0.478 e. The molecule has 0 atom stereocenters. The van der Waals surface area contributed by atoms with E-state index < -0.39 is 11.9 Å². The van der Waals surface area contributed by atoms with Crippen LogP contribution in [0.15, 0.2) is 18.2 Å². The van der Waals surface area contributed by atoms with E-state index in [0.29, 0.717) is 11.4 Å². The van der Waals surface area contributed by atoms with Crippen LogP contribution in [-0.2, 0) is 11.3 Å². The van der Waals surface area contributed by atoms with Gasteiger partial charge < -0.3 is 15.4 Å². The summed E-state index contributed by atoms with van der Waals surface area (Å²) in [5.41, 5.74) is 6.81. The van der Waals surface area contributed by atoms with Crippen molar-refractivity contribution in [1.29, 1.82) is 0 Å². The van der Waals surface area contributed by atoms with E-state index in [4.69, 9.17) is 10.8 Å². The maximum atomic E-state index is 11.2. The van der Waals surface area contributed by atoms with E-state index in [1.807, 2.05) is 0 Å². The fraction of sp³-hybridized carbons (Fsp3) is 0.308. The molecule has 1 aromatic carbocycles. The number of carboxylic acid groups (broad SMARTS) is 1. The zero-order chi connectivity index (χ0) is 13.6. The highest BCUT2D eigenvalue weighted by molar-refractivity contribution is 5.92. The second kappa shape index (κ2) is 4.08. The number of imidazole rings is 1. The van der Waals surface area contributed by atoms with Crippen LogP contribution in [0.5, 0.6) is 0 Å². The Morgan fingerprint density at radius 3 is 2.74 bits per heavy atom. The molecule has 3 N–H and O–H groups in total. The summed E-state index contributed by atoms with van der Waals surface area (Å²) in [6.45, 7) is 0.0781. The molecule has 0 saturated heterocycles. The molecule has 6 nitrogen and oxygen atoms in total. The Balaban J connectivity index is 2.17. The van der Waals surface area contributed by atoms with Crippen molar-refractivity contribution in [2.75, 3.05) is 0 Å². The van der Waals surface area contributed by atoms with E-state index in [0.717, 1.165) is 24.2 Å². The van der Waals surface area contributed by atoms with Crippen LogP contribution >= 0.6 is 0 Å². The number of aromatic carboxylic acids is 1. The number of hydrogen-bond acceptors (Lipinski definition) is 3. The highest BCUT2D eigenvalue weighted by atomic mass is 16.4. The number of primary amides is 1. The van der Waals surface area contributed by atoms with Crippen LogP contribution in [0.2, 0.25) is 0 Å². The summed E-state index contributed by atoms with van der Waals surface area (Å²) in [6.07, 6.45) is 2.10. The Morgan fingerprint density at radius 1 is 1.42 bits per heavy atom. The number of carbonyl (C=O) groups excluding carboxylic acids is 1. The van der Waals surface area contributed by atoms with Gasteiger partial charge in [-0.15, -0.1) is 0 Å². The third-order valence-electron chi connectivity index (χ3n) is 3.28. The SMILES string of the molecule is NC(=O)Cn1c(C2CC2)nc2cc(C(=O)O)ccc21. The van der Waals surface area contributed by atoms with Crippen molar-refractivity contribution >= 4 is 22.9 Å². The molecule has 1 aliphatic rings. The second-order valence-electron chi connectivity index (χ2n) is 4.81. The Bertz CT molecular complexity index is 686. The molecule has 6 heteroatoms. The van der Waals surface area contributed by atoms with Crippen molar-refractivity contribution in [3.63, 3.8) is 0 Å². The molecule has 98 valence electrons. The van der Waals surface area contributed by atoms with Gasteiger partial charge in [0.2, 0.25) is 5.91 Å². The number of nitrogens with two attached hydrogens (primary N) is 1. The first-order chi connectivity index (χ1) is 9.06. The van der Waals surface area contributed by atoms with Gasteiger partial charge >= 0.3 is 5.97 Å². The molecule has 0 unspecified atom stereocenters. The average Bonchev–Trinajstić information content (AvgIpc) is 3.13. The first-order valence-electron chi connectivity index (χ1n) is 6.08. The van der Waals surface area contributed by atoms with E-state index in [1.54, 1.807) is 10.6 Å². The summed E-state index contributed by atoms with van der Waals surface area (Å²) < 4.78 is 1.79. The van der Waals surface area contributed by atoms with Gasteiger partial charge in [0, 0.05) is 5.92 Å². The smallest absolute Gasteiger partial charge is 0.335 e. The summed E-state index contributed by atoms with van der Waals surface area (Å²) in [6, 6.07) is 4.72. The van der Waals surface area contributed by atoms with E-state index in [9.17, 15) is 9.59 Å². The molecule has 1 aliphatic carbocycles. The van der Waals surface area contributed by atoms with Crippen molar-refractivity contribution in [3.8, 4) is 0 Å². The van der Waals surface area contributed by atoms with Crippen molar-refractivity contribution < 1.29 is 14.7 Å². The summed E-state index contributed by atoms with van der Waals surface area (Å²) in [7, 11) is 0. The topological polar surface area (TPSA) is 98.2 Å². The summed E-state index contributed by atoms with van der Waals surface area (Å²) in [5, 5.41) is 8.98. The highest BCUT2D eigenvalue weighted by Gasteiger charge is 2.30. The fourth-order valence-corrected chi connectivity index (χ4v) is 2.26. The lowest BCUT2D eigenvalue weighted by Crippen LogP contribution is -2.20. The number of amides is 1. The molecule has 0 bridgehead atoms. The normalized spacial score (nSPS) is 14.7. The standard InChI is InChI=1S/C13H13N3O3/c14-11(17)6-16-10-4-3-8(13(18)19)5-9(10)15-12(16)7-1-2-7/h3-5,7H,1-2,6H2,(H2,14,17)(H,18,19). The van der Waals surface area contributed by atoms with E-state index in [-0.39, 0.29) is 12.1 Å². The minimum absolute atomic E-state index is 0.0781. The monoisotopic (exact) mass is 259 g/mol. The minimum Gasteiger partial charge on any atom is -0.478 e. The van der Waals surface area contributed by atoms with Gasteiger partial charge in [0.15, 0.2) is 0 Å². The molecule has 0 spiro atoms. The van der Waals surface area contributed by atoms with Crippen LogP contribution in [-0.4, -0.2) is 26.5 Å². The number of rotatable bonds is 4. The van der Waals surface area contributed by atoms with Crippen molar-refractivity contribution in [1.82, 2.24) is 9.55 Å². The van der Waals surface area contributed by atoms with E-state index in [1.165, 1.54) is 12.1 Å². The number of carbonyl (C=O) groups is 2. The van der Waals surface area contributed by atoms with Crippen LogP contribution in [0, 0.1) is 0 Å². The van der Waals surface area contributed by atoms with Gasteiger partial charge in [-0.3, -0.25) is 4.79 Å². The Labute approximate surface area is 108 Å². The molecule has 1 amide bonds. The number of fused-ring (bicyclic) bond motifs is 1. The third-order valence-corrected chi connectivity index (χ3v) is 3.28. The lowest BCUT2D eigenvalue weighted by Gasteiger charge is -2.05. The molecular weight excluding hydrogens is 246 g/mol. The molecular formula is C13H13N3O3.